The molecular formula is C13H20N2O. The topological polar surface area (TPSA) is 38.0 Å². The number of hydrogen-bond acceptors (Lipinski definition) is 2. The number of nitrogens with zero attached hydrogens (tertiary/aromatic N) is 2. The Morgan fingerprint density at radius 2 is 2.19 bits per heavy atom. The average molecular weight is 220 g/mol. The van der Waals surface area contributed by atoms with Gasteiger partial charge < -0.3 is 9.67 Å². The maximum absolute atomic E-state index is 9.67. The van der Waals surface area contributed by atoms with Crippen LogP contribution in [0.4, 0.5) is 0 Å². The van der Waals surface area contributed by atoms with Gasteiger partial charge in [-0.2, -0.15) is 0 Å². The first-order valence-corrected chi connectivity index (χ1v) is 6.51. The third-order valence-electron chi connectivity index (χ3n) is 3.95. The SMILES string of the molecule is OC1CCCC(Cn2cncc2C2CC2)C1. The van der Waals surface area contributed by atoms with Crippen LogP contribution in [0.25, 0.3) is 0 Å². The van der Waals surface area contributed by atoms with E-state index in [0.717, 1.165) is 25.3 Å². The van der Waals surface area contributed by atoms with E-state index in [4.69, 9.17) is 0 Å². The molecule has 3 heteroatoms. The van der Waals surface area contributed by atoms with Gasteiger partial charge >= 0.3 is 0 Å². The third kappa shape index (κ3) is 2.14. The Bertz CT molecular complexity index is 357. The standard InChI is InChI=1S/C13H20N2O/c16-12-3-1-2-10(6-12)8-15-9-14-7-13(15)11-4-5-11/h7,9-12,16H,1-6,8H2. The van der Waals surface area contributed by atoms with Gasteiger partial charge in [-0.25, -0.2) is 4.98 Å². The molecule has 2 aliphatic rings. The van der Waals surface area contributed by atoms with Gasteiger partial charge in [-0.15, -0.1) is 0 Å². The minimum absolute atomic E-state index is 0.0633. The van der Waals surface area contributed by atoms with E-state index >= 15 is 0 Å². The number of aliphatic hydroxyl groups is 1. The zero-order valence-corrected chi connectivity index (χ0v) is 9.68. The molecule has 88 valence electrons. The fourth-order valence-corrected chi connectivity index (χ4v) is 2.91. The van der Waals surface area contributed by atoms with Crippen LogP contribution in [0.15, 0.2) is 12.5 Å². The minimum Gasteiger partial charge on any atom is -0.393 e. The zero-order chi connectivity index (χ0) is 11.0. The number of rotatable bonds is 3. The number of aliphatic hydroxyl groups excluding tert-OH is 1. The highest BCUT2D eigenvalue weighted by Crippen LogP contribution is 2.40. The normalized spacial score (nSPS) is 30.6. The van der Waals surface area contributed by atoms with Crippen molar-refractivity contribution in [2.45, 2.75) is 57.1 Å². The van der Waals surface area contributed by atoms with Gasteiger partial charge in [-0.05, 0) is 38.0 Å². The van der Waals surface area contributed by atoms with Crippen molar-refractivity contribution >= 4 is 0 Å². The predicted octanol–water partition coefficient (Wildman–Crippen LogP) is 2.31. The Hall–Kier alpha value is -0.830. The van der Waals surface area contributed by atoms with Gasteiger partial charge in [0, 0.05) is 24.4 Å². The molecule has 2 unspecified atom stereocenters. The molecule has 0 radical (unpaired) electrons. The van der Waals surface area contributed by atoms with Crippen LogP contribution >= 0.6 is 0 Å². The van der Waals surface area contributed by atoms with Gasteiger partial charge in [0.25, 0.3) is 0 Å². The van der Waals surface area contributed by atoms with Crippen molar-refractivity contribution in [3.05, 3.63) is 18.2 Å². The molecule has 1 N–H and O–H groups in total. The molecule has 3 rings (SSSR count). The van der Waals surface area contributed by atoms with Crippen molar-refractivity contribution in [1.82, 2.24) is 9.55 Å². The summed E-state index contributed by atoms with van der Waals surface area (Å²) in [6, 6.07) is 0. The van der Waals surface area contributed by atoms with Crippen LogP contribution in [0.1, 0.15) is 50.1 Å². The number of hydrogen-bond donors (Lipinski definition) is 1. The fourth-order valence-electron chi connectivity index (χ4n) is 2.91. The Labute approximate surface area is 96.5 Å². The summed E-state index contributed by atoms with van der Waals surface area (Å²) in [5.41, 5.74) is 1.42. The largest absolute Gasteiger partial charge is 0.393 e. The molecular weight excluding hydrogens is 200 g/mol. The molecule has 0 bridgehead atoms. The van der Waals surface area contributed by atoms with Gasteiger partial charge in [-0.3, -0.25) is 0 Å². The molecule has 1 aromatic rings. The van der Waals surface area contributed by atoms with E-state index in [1.807, 2.05) is 12.5 Å². The number of imidazole rings is 1. The Kier molecular flexibility index (Phi) is 2.72. The van der Waals surface area contributed by atoms with Gasteiger partial charge in [0.15, 0.2) is 0 Å². The lowest BCUT2D eigenvalue weighted by atomic mass is 9.87. The molecule has 0 aromatic carbocycles. The summed E-state index contributed by atoms with van der Waals surface area (Å²) >= 11 is 0. The van der Waals surface area contributed by atoms with Gasteiger partial charge in [0.2, 0.25) is 0 Å². The average Bonchev–Trinajstić information content (AvgIpc) is 3.00. The first-order chi connectivity index (χ1) is 7.83. The molecule has 0 saturated heterocycles. The Morgan fingerprint density at radius 3 is 2.94 bits per heavy atom. The van der Waals surface area contributed by atoms with E-state index in [1.165, 1.54) is 31.4 Å². The van der Waals surface area contributed by atoms with E-state index in [1.54, 1.807) is 0 Å². The van der Waals surface area contributed by atoms with Crippen molar-refractivity contribution in [1.29, 1.82) is 0 Å². The second-order valence-corrected chi connectivity index (χ2v) is 5.43. The molecule has 2 aliphatic carbocycles. The van der Waals surface area contributed by atoms with Crippen LogP contribution in [0.2, 0.25) is 0 Å². The molecule has 2 fully saturated rings. The summed E-state index contributed by atoms with van der Waals surface area (Å²) in [5, 5.41) is 9.67. The Morgan fingerprint density at radius 1 is 1.31 bits per heavy atom. The summed E-state index contributed by atoms with van der Waals surface area (Å²) in [7, 11) is 0. The van der Waals surface area contributed by atoms with Crippen molar-refractivity contribution in [3.8, 4) is 0 Å². The lowest BCUT2D eigenvalue weighted by Crippen LogP contribution is -2.23. The molecule has 16 heavy (non-hydrogen) atoms. The summed E-state index contributed by atoms with van der Waals surface area (Å²) in [5.74, 6) is 1.42. The highest BCUT2D eigenvalue weighted by molar-refractivity contribution is 5.12. The van der Waals surface area contributed by atoms with E-state index in [2.05, 4.69) is 9.55 Å². The Balaban J connectivity index is 1.66. The summed E-state index contributed by atoms with van der Waals surface area (Å²) in [6.07, 6.45) is 11.0. The summed E-state index contributed by atoms with van der Waals surface area (Å²) < 4.78 is 2.32. The van der Waals surface area contributed by atoms with Gasteiger partial charge in [0.1, 0.15) is 0 Å². The van der Waals surface area contributed by atoms with Crippen LogP contribution in [-0.4, -0.2) is 20.8 Å². The van der Waals surface area contributed by atoms with E-state index in [0.29, 0.717) is 5.92 Å². The molecule has 0 spiro atoms. The van der Waals surface area contributed by atoms with Crippen molar-refractivity contribution in [2.75, 3.05) is 0 Å². The fraction of sp³-hybridized carbons (Fsp3) is 0.769. The molecule has 3 nitrogen and oxygen atoms in total. The monoisotopic (exact) mass is 220 g/mol. The second kappa shape index (κ2) is 4.21. The van der Waals surface area contributed by atoms with Crippen LogP contribution < -0.4 is 0 Å². The highest BCUT2D eigenvalue weighted by Gasteiger charge is 2.28. The van der Waals surface area contributed by atoms with E-state index in [-0.39, 0.29) is 6.10 Å². The highest BCUT2D eigenvalue weighted by atomic mass is 16.3. The second-order valence-electron chi connectivity index (χ2n) is 5.43. The smallest absolute Gasteiger partial charge is 0.0948 e. The van der Waals surface area contributed by atoms with Crippen LogP contribution in [-0.2, 0) is 6.54 Å². The van der Waals surface area contributed by atoms with Crippen molar-refractivity contribution < 1.29 is 5.11 Å². The van der Waals surface area contributed by atoms with Crippen LogP contribution in [0, 0.1) is 5.92 Å². The van der Waals surface area contributed by atoms with Crippen molar-refractivity contribution in [3.63, 3.8) is 0 Å². The van der Waals surface area contributed by atoms with Gasteiger partial charge in [-0.1, -0.05) is 6.42 Å². The van der Waals surface area contributed by atoms with Crippen molar-refractivity contribution in [2.24, 2.45) is 5.92 Å². The predicted molar refractivity (Wildman–Crippen MR) is 62.2 cm³/mol. The maximum Gasteiger partial charge on any atom is 0.0948 e. The van der Waals surface area contributed by atoms with Gasteiger partial charge in [0.05, 0.1) is 12.4 Å². The molecule has 1 heterocycles. The van der Waals surface area contributed by atoms with Crippen LogP contribution in [0.5, 0.6) is 0 Å². The first kappa shape index (κ1) is 10.3. The third-order valence-corrected chi connectivity index (χ3v) is 3.95. The van der Waals surface area contributed by atoms with E-state index < -0.39 is 0 Å². The molecule has 0 aliphatic heterocycles. The minimum atomic E-state index is -0.0633. The molecule has 1 aromatic heterocycles. The summed E-state index contributed by atoms with van der Waals surface area (Å²) in [4.78, 5) is 4.27. The zero-order valence-electron chi connectivity index (χ0n) is 9.68. The quantitative estimate of drug-likeness (QED) is 0.849. The molecule has 2 atom stereocenters. The lowest BCUT2D eigenvalue weighted by Gasteiger charge is -2.26. The molecule has 2 saturated carbocycles. The lowest BCUT2D eigenvalue weighted by molar-refractivity contribution is 0.0951. The maximum atomic E-state index is 9.67. The number of aromatic nitrogens is 2. The first-order valence-electron chi connectivity index (χ1n) is 6.51. The molecule has 0 amide bonds. The summed E-state index contributed by atoms with van der Waals surface area (Å²) in [6.45, 7) is 1.06. The van der Waals surface area contributed by atoms with Crippen LogP contribution in [0.3, 0.4) is 0 Å². The van der Waals surface area contributed by atoms with E-state index in [9.17, 15) is 5.11 Å².